The van der Waals surface area contributed by atoms with Crippen molar-refractivity contribution in [1.82, 2.24) is 14.8 Å². The van der Waals surface area contributed by atoms with Crippen LogP contribution < -0.4 is 5.32 Å². The number of rotatable bonds is 8. The number of thioether (sulfide) groups is 2. The van der Waals surface area contributed by atoms with Crippen LogP contribution in [0.1, 0.15) is 6.92 Å². The minimum Gasteiger partial charge on any atom is -0.324 e. The Balaban J connectivity index is 1.78. The Morgan fingerprint density at radius 3 is 2.61 bits per heavy atom. The van der Waals surface area contributed by atoms with E-state index in [0.29, 0.717) is 11.7 Å². The van der Waals surface area contributed by atoms with Crippen LogP contribution in [-0.4, -0.2) is 32.2 Å². The van der Waals surface area contributed by atoms with Gasteiger partial charge >= 0.3 is 0 Å². The summed E-state index contributed by atoms with van der Waals surface area (Å²) in [6.07, 6.45) is 3.80. The molecule has 0 aliphatic rings. The van der Waals surface area contributed by atoms with Crippen LogP contribution in [0.3, 0.4) is 0 Å². The van der Waals surface area contributed by atoms with Crippen molar-refractivity contribution in [2.24, 2.45) is 0 Å². The molecule has 28 heavy (non-hydrogen) atoms. The van der Waals surface area contributed by atoms with Crippen LogP contribution in [0.25, 0.3) is 11.4 Å². The van der Waals surface area contributed by atoms with E-state index >= 15 is 0 Å². The van der Waals surface area contributed by atoms with Gasteiger partial charge in [-0.3, -0.25) is 9.36 Å². The van der Waals surface area contributed by atoms with E-state index in [1.807, 2.05) is 72.3 Å². The molecule has 1 unspecified atom stereocenters. The predicted octanol–water partition coefficient (Wildman–Crippen LogP) is 4.97. The van der Waals surface area contributed by atoms with Gasteiger partial charge in [0.1, 0.15) is 0 Å². The summed E-state index contributed by atoms with van der Waals surface area (Å²) in [4.78, 5) is 13.7. The molecule has 0 bridgehead atoms. The molecule has 0 radical (unpaired) electrons. The molecule has 1 heterocycles. The molecule has 5 nitrogen and oxygen atoms in total. The number of hydrogen-bond acceptors (Lipinski definition) is 5. The molecule has 1 aromatic heterocycles. The lowest BCUT2D eigenvalue weighted by Gasteiger charge is -2.14. The molecule has 144 valence electrons. The number of hydrogen-bond donors (Lipinski definition) is 1. The highest BCUT2D eigenvalue weighted by molar-refractivity contribution is 8.00. The van der Waals surface area contributed by atoms with Crippen LogP contribution in [-0.2, 0) is 11.3 Å². The minimum absolute atomic E-state index is 0.0686. The average molecular weight is 411 g/mol. The fourth-order valence-electron chi connectivity index (χ4n) is 2.66. The molecule has 1 atom stereocenters. The van der Waals surface area contributed by atoms with E-state index in [9.17, 15) is 4.79 Å². The molecule has 3 aromatic rings. The van der Waals surface area contributed by atoms with Crippen LogP contribution in [0.5, 0.6) is 0 Å². The van der Waals surface area contributed by atoms with E-state index in [0.717, 1.165) is 22.0 Å². The van der Waals surface area contributed by atoms with Gasteiger partial charge in [0, 0.05) is 17.0 Å². The number of nitrogens with one attached hydrogen (secondary N) is 1. The monoisotopic (exact) mass is 410 g/mol. The van der Waals surface area contributed by atoms with Gasteiger partial charge in [-0.15, -0.1) is 28.5 Å². The van der Waals surface area contributed by atoms with Gasteiger partial charge in [0.25, 0.3) is 0 Å². The summed E-state index contributed by atoms with van der Waals surface area (Å²) in [7, 11) is 0. The zero-order chi connectivity index (χ0) is 19.9. The molecule has 0 saturated heterocycles. The fourth-order valence-corrected chi connectivity index (χ4v) is 4.08. The first-order valence-corrected chi connectivity index (χ1v) is 10.9. The number of benzene rings is 2. The molecule has 3 rings (SSSR count). The van der Waals surface area contributed by atoms with Crippen molar-refractivity contribution in [1.29, 1.82) is 0 Å². The Labute approximate surface area is 173 Å². The smallest absolute Gasteiger partial charge is 0.237 e. The van der Waals surface area contributed by atoms with E-state index in [1.54, 1.807) is 17.8 Å². The number of aromatic nitrogens is 3. The first-order chi connectivity index (χ1) is 13.6. The van der Waals surface area contributed by atoms with Crippen molar-refractivity contribution in [2.45, 2.75) is 28.8 Å². The van der Waals surface area contributed by atoms with Crippen molar-refractivity contribution < 1.29 is 4.79 Å². The average Bonchev–Trinajstić information content (AvgIpc) is 3.11. The summed E-state index contributed by atoms with van der Waals surface area (Å²) < 4.78 is 1.98. The van der Waals surface area contributed by atoms with E-state index in [1.165, 1.54) is 11.8 Å². The van der Waals surface area contributed by atoms with Crippen LogP contribution in [0, 0.1) is 0 Å². The molecular weight excluding hydrogens is 388 g/mol. The number of para-hydroxylation sites is 1. The Kier molecular flexibility index (Phi) is 6.95. The third-order valence-corrected chi connectivity index (χ3v) is 5.95. The molecule has 7 heteroatoms. The Hall–Kier alpha value is -2.51. The highest BCUT2D eigenvalue weighted by atomic mass is 32.2. The summed E-state index contributed by atoms with van der Waals surface area (Å²) in [5.41, 5.74) is 1.81. The Morgan fingerprint density at radius 2 is 1.89 bits per heavy atom. The summed E-state index contributed by atoms with van der Waals surface area (Å²) in [5.74, 6) is 0.698. The first-order valence-electron chi connectivity index (χ1n) is 8.84. The third kappa shape index (κ3) is 4.66. The normalized spacial score (nSPS) is 11.8. The van der Waals surface area contributed by atoms with Gasteiger partial charge in [0.15, 0.2) is 11.0 Å². The molecule has 0 aliphatic heterocycles. The number of anilines is 1. The highest BCUT2D eigenvalue weighted by Gasteiger charge is 2.21. The van der Waals surface area contributed by atoms with E-state index in [-0.39, 0.29) is 11.2 Å². The lowest BCUT2D eigenvalue weighted by molar-refractivity contribution is -0.115. The van der Waals surface area contributed by atoms with E-state index < -0.39 is 0 Å². The number of amides is 1. The van der Waals surface area contributed by atoms with Gasteiger partial charge in [-0.05, 0) is 25.3 Å². The van der Waals surface area contributed by atoms with Crippen LogP contribution in [0.2, 0.25) is 0 Å². The molecule has 2 aromatic carbocycles. The highest BCUT2D eigenvalue weighted by Crippen LogP contribution is 2.29. The maximum atomic E-state index is 12.7. The molecule has 0 aliphatic carbocycles. The molecule has 0 spiro atoms. The number of allylic oxidation sites excluding steroid dienone is 1. The molecule has 1 amide bonds. The SMILES string of the molecule is C=CCn1c(SC(C)C(=O)Nc2ccccc2SC)nnc1-c1ccccc1. The van der Waals surface area contributed by atoms with Gasteiger partial charge in [0.2, 0.25) is 5.91 Å². The van der Waals surface area contributed by atoms with E-state index in [2.05, 4.69) is 22.1 Å². The van der Waals surface area contributed by atoms with Crippen LogP contribution in [0.4, 0.5) is 5.69 Å². The predicted molar refractivity (Wildman–Crippen MR) is 118 cm³/mol. The maximum Gasteiger partial charge on any atom is 0.237 e. The second-order valence-corrected chi connectivity index (χ2v) is 8.18. The second-order valence-electron chi connectivity index (χ2n) is 6.02. The van der Waals surface area contributed by atoms with Crippen molar-refractivity contribution in [3.63, 3.8) is 0 Å². The number of carbonyl (C=O) groups excluding carboxylic acids is 1. The fraction of sp³-hybridized carbons (Fsp3) is 0.190. The number of carbonyl (C=O) groups is 1. The summed E-state index contributed by atoms with van der Waals surface area (Å²) in [6.45, 7) is 6.28. The van der Waals surface area contributed by atoms with Gasteiger partial charge < -0.3 is 5.32 Å². The van der Waals surface area contributed by atoms with Crippen LogP contribution >= 0.6 is 23.5 Å². The zero-order valence-electron chi connectivity index (χ0n) is 15.8. The topological polar surface area (TPSA) is 59.8 Å². The lowest BCUT2D eigenvalue weighted by atomic mass is 10.2. The molecule has 0 saturated carbocycles. The maximum absolute atomic E-state index is 12.7. The standard InChI is InChI=1S/C21H22N4OS2/c1-4-14-25-19(16-10-6-5-7-11-16)23-24-21(25)28-15(2)20(26)22-17-12-8-9-13-18(17)27-3/h4-13,15H,1,14H2,2-3H3,(H,22,26). The van der Waals surface area contributed by atoms with Gasteiger partial charge in [-0.1, -0.05) is 60.3 Å². The third-order valence-electron chi connectivity index (χ3n) is 4.08. The van der Waals surface area contributed by atoms with E-state index in [4.69, 9.17) is 0 Å². The van der Waals surface area contributed by atoms with Crippen molar-refractivity contribution >= 4 is 35.1 Å². The summed E-state index contributed by atoms with van der Waals surface area (Å²) in [6, 6.07) is 17.7. The molecule has 1 N–H and O–H groups in total. The quantitative estimate of drug-likeness (QED) is 0.420. The van der Waals surface area contributed by atoms with Crippen molar-refractivity contribution in [3.05, 3.63) is 67.3 Å². The van der Waals surface area contributed by atoms with Gasteiger partial charge in [0.05, 0.1) is 10.9 Å². The summed E-state index contributed by atoms with van der Waals surface area (Å²) >= 11 is 2.99. The van der Waals surface area contributed by atoms with Gasteiger partial charge in [-0.25, -0.2) is 0 Å². The number of nitrogens with zero attached hydrogens (tertiary/aromatic N) is 3. The van der Waals surface area contributed by atoms with Crippen molar-refractivity contribution in [3.8, 4) is 11.4 Å². The minimum atomic E-state index is -0.327. The Bertz CT molecular complexity index is 956. The zero-order valence-corrected chi connectivity index (χ0v) is 17.5. The largest absolute Gasteiger partial charge is 0.324 e. The molecular formula is C21H22N4OS2. The van der Waals surface area contributed by atoms with Gasteiger partial charge in [-0.2, -0.15) is 0 Å². The first kappa shape index (κ1) is 20.2. The molecule has 0 fully saturated rings. The van der Waals surface area contributed by atoms with Crippen LogP contribution in [0.15, 0.2) is 77.3 Å². The van der Waals surface area contributed by atoms with Crippen molar-refractivity contribution in [2.75, 3.05) is 11.6 Å². The lowest BCUT2D eigenvalue weighted by Crippen LogP contribution is -2.23. The summed E-state index contributed by atoms with van der Waals surface area (Å²) in [5, 5.41) is 12.0. The Morgan fingerprint density at radius 1 is 1.18 bits per heavy atom. The second kappa shape index (κ2) is 9.61.